The summed E-state index contributed by atoms with van der Waals surface area (Å²) in [6.07, 6.45) is 3.33. The van der Waals surface area contributed by atoms with Crippen molar-refractivity contribution in [2.45, 2.75) is 45.6 Å². The number of carbonyl (C=O) groups is 1. The van der Waals surface area contributed by atoms with Crippen molar-refractivity contribution in [2.75, 3.05) is 19.6 Å². The van der Waals surface area contributed by atoms with Crippen LogP contribution in [0.1, 0.15) is 40.0 Å². The van der Waals surface area contributed by atoms with Gasteiger partial charge >= 0.3 is 0 Å². The van der Waals surface area contributed by atoms with Crippen molar-refractivity contribution in [1.29, 1.82) is 0 Å². The smallest absolute Gasteiger partial charge is 0.242 e. The zero-order chi connectivity index (χ0) is 10.6. The highest BCUT2D eigenvalue weighted by Crippen LogP contribution is 2.13. The van der Waals surface area contributed by atoms with E-state index in [0.29, 0.717) is 0 Å². The minimum absolute atomic E-state index is 0.253. The molecule has 1 aliphatic rings. The maximum absolute atomic E-state index is 12.0. The number of nitrogens with one attached hydrogen (secondary N) is 1. The van der Waals surface area contributed by atoms with Gasteiger partial charge in [0.05, 0.1) is 5.54 Å². The van der Waals surface area contributed by atoms with Crippen molar-refractivity contribution in [3.8, 4) is 0 Å². The standard InChI is InChI=1S/C11H22N2O/c1-4-5-8-13-9-6-7-12-11(2,3)10(13)14/h12H,4-9H2,1-3H3. The summed E-state index contributed by atoms with van der Waals surface area (Å²) in [6, 6.07) is 0. The normalized spacial score (nSPS) is 22.2. The molecule has 3 heteroatoms. The average Bonchev–Trinajstić information content (AvgIpc) is 2.26. The first-order valence-electron chi connectivity index (χ1n) is 5.62. The Morgan fingerprint density at radius 3 is 2.86 bits per heavy atom. The Balaban J connectivity index is 2.59. The van der Waals surface area contributed by atoms with Crippen molar-refractivity contribution >= 4 is 5.91 Å². The molecule has 1 rings (SSSR count). The third-order valence-electron chi connectivity index (χ3n) is 2.78. The molecule has 0 saturated carbocycles. The number of carbonyl (C=O) groups excluding carboxylic acids is 1. The van der Waals surface area contributed by atoms with Crippen LogP contribution in [-0.2, 0) is 4.79 Å². The highest BCUT2D eigenvalue weighted by atomic mass is 16.2. The molecule has 1 fully saturated rings. The lowest BCUT2D eigenvalue weighted by Gasteiger charge is -2.29. The van der Waals surface area contributed by atoms with E-state index in [1.807, 2.05) is 18.7 Å². The molecule has 0 atom stereocenters. The van der Waals surface area contributed by atoms with E-state index in [1.165, 1.54) is 0 Å². The predicted octanol–water partition coefficient (Wildman–Crippen LogP) is 1.39. The average molecular weight is 198 g/mol. The molecule has 0 aromatic rings. The van der Waals surface area contributed by atoms with Crippen LogP contribution < -0.4 is 5.32 Å². The Hall–Kier alpha value is -0.570. The van der Waals surface area contributed by atoms with E-state index in [4.69, 9.17) is 0 Å². The molecule has 0 spiro atoms. The Bertz CT molecular complexity index is 201. The fraction of sp³-hybridized carbons (Fsp3) is 0.909. The van der Waals surface area contributed by atoms with E-state index in [1.54, 1.807) is 0 Å². The lowest BCUT2D eigenvalue weighted by Crippen LogP contribution is -2.51. The Kier molecular flexibility index (Phi) is 3.93. The number of nitrogens with zero attached hydrogens (tertiary/aromatic N) is 1. The lowest BCUT2D eigenvalue weighted by atomic mass is 10.0. The Labute approximate surface area is 86.9 Å². The summed E-state index contributed by atoms with van der Waals surface area (Å²) in [5.74, 6) is 0.253. The van der Waals surface area contributed by atoms with Crippen LogP contribution in [0, 0.1) is 0 Å². The number of hydrogen-bond acceptors (Lipinski definition) is 2. The van der Waals surface area contributed by atoms with Crippen LogP contribution in [0.4, 0.5) is 0 Å². The minimum Gasteiger partial charge on any atom is -0.341 e. The molecule has 0 aromatic heterocycles. The van der Waals surface area contributed by atoms with Gasteiger partial charge in [0.15, 0.2) is 0 Å². The van der Waals surface area contributed by atoms with Crippen LogP contribution in [0.3, 0.4) is 0 Å². The SMILES string of the molecule is CCCCN1CCCNC(C)(C)C1=O. The monoisotopic (exact) mass is 198 g/mol. The van der Waals surface area contributed by atoms with Gasteiger partial charge in [-0.2, -0.15) is 0 Å². The zero-order valence-electron chi connectivity index (χ0n) is 9.60. The van der Waals surface area contributed by atoms with Gasteiger partial charge < -0.3 is 10.2 Å². The summed E-state index contributed by atoms with van der Waals surface area (Å²) in [6.45, 7) is 8.88. The van der Waals surface area contributed by atoms with Gasteiger partial charge in [0.1, 0.15) is 0 Å². The van der Waals surface area contributed by atoms with Crippen molar-refractivity contribution in [1.82, 2.24) is 10.2 Å². The summed E-state index contributed by atoms with van der Waals surface area (Å²) < 4.78 is 0. The minimum atomic E-state index is -0.371. The third-order valence-corrected chi connectivity index (χ3v) is 2.78. The van der Waals surface area contributed by atoms with Crippen LogP contribution in [0.15, 0.2) is 0 Å². The first-order chi connectivity index (χ1) is 6.58. The van der Waals surface area contributed by atoms with Gasteiger partial charge in [-0.25, -0.2) is 0 Å². The largest absolute Gasteiger partial charge is 0.341 e. The van der Waals surface area contributed by atoms with E-state index in [0.717, 1.165) is 38.9 Å². The summed E-state index contributed by atoms with van der Waals surface area (Å²) in [5, 5.41) is 3.29. The fourth-order valence-corrected chi connectivity index (χ4v) is 1.81. The molecule has 0 bridgehead atoms. The highest BCUT2D eigenvalue weighted by Gasteiger charge is 2.32. The second kappa shape index (κ2) is 4.78. The topological polar surface area (TPSA) is 32.3 Å². The quantitative estimate of drug-likeness (QED) is 0.743. The number of amides is 1. The molecule has 0 radical (unpaired) electrons. The van der Waals surface area contributed by atoms with Crippen LogP contribution in [0.2, 0.25) is 0 Å². The van der Waals surface area contributed by atoms with E-state index in [2.05, 4.69) is 12.2 Å². The Morgan fingerprint density at radius 2 is 2.21 bits per heavy atom. The fourth-order valence-electron chi connectivity index (χ4n) is 1.81. The molecule has 1 heterocycles. The predicted molar refractivity (Wildman–Crippen MR) is 58.2 cm³/mol. The summed E-state index contributed by atoms with van der Waals surface area (Å²) >= 11 is 0. The number of hydrogen-bond donors (Lipinski definition) is 1. The van der Waals surface area contributed by atoms with Crippen molar-refractivity contribution in [3.05, 3.63) is 0 Å². The molecule has 0 aliphatic carbocycles. The van der Waals surface area contributed by atoms with Gasteiger partial charge in [-0.15, -0.1) is 0 Å². The molecule has 0 unspecified atom stereocenters. The first-order valence-corrected chi connectivity index (χ1v) is 5.62. The van der Waals surface area contributed by atoms with Gasteiger partial charge in [0.2, 0.25) is 5.91 Å². The number of rotatable bonds is 3. The molecule has 3 nitrogen and oxygen atoms in total. The second-order valence-electron chi connectivity index (χ2n) is 4.55. The molecule has 1 N–H and O–H groups in total. The third kappa shape index (κ3) is 2.71. The molecule has 1 saturated heterocycles. The van der Waals surface area contributed by atoms with E-state index < -0.39 is 0 Å². The molecule has 0 aromatic carbocycles. The highest BCUT2D eigenvalue weighted by molar-refractivity contribution is 5.85. The van der Waals surface area contributed by atoms with Gasteiger partial charge in [-0.3, -0.25) is 4.79 Å². The van der Waals surface area contributed by atoms with Gasteiger partial charge in [-0.05, 0) is 33.2 Å². The van der Waals surface area contributed by atoms with Gasteiger partial charge in [-0.1, -0.05) is 13.3 Å². The molecule has 14 heavy (non-hydrogen) atoms. The van der Waals surface area contributed by atoms with Crippen molar-refractivity contribution in [2.24, 2.45) is 0 Å². The first kappa shape index (κ1) is 11.5. The number of unbranched alkanes of at least 4 members (excludes halogenated alkanes) is 1. The van der Waals surface area contributed by atoms with Crippen LogP contribution in [0.5, 0.6) is 0 Å². The lowest BCUT2D eigenvalue weighted by molar-refractivity contribution is -0.136. The van der Waals surface area contributed by atoms with E-state index in [9.17, 15) is 4.79 Å². The molecular formula is C11H22N2O. The van der Waals surface area contributed by atoms with E-state index >= 15 is 0 Å². The maximum atomic E-state index is 12.0. The van der Waals surface area contributed by atoms with Crippen molar-refractivity contribution < 1.29 is 4.79 Å². The van der Waals surface area contributed by atoms with Crippen LogP contribution in [-0.4, -0.2) is 36.0 Å². The molecule has 1 amide bonds. The molecular weight excluding hydrogens is 176 g/mol. The van der Waals surface area contributed by atoms with E-state index in [-0.39, 0.29) is 11.4 Å². The van der Waals surface area contributed by atoms with Crippen LogP contribution >= 0.6 is 0 Å². The molecule has 82 valence electrons. The van der Waals surface area contributed by atoms with Gasteiger partial charge in [0.25, 0.3) is 0 Å². The van der Waals surface area contributed by atoms with Crippen molar-refractivity contribution in [3.63, 3.8) is 0 Å². The second-order valence-corrected chi connectivity index (χ2v) is 4.55. The van der Waals surface area contributed by atoms with Gasteiger partial charge in [0, 0.05) is 13.1 Å². The van der Waals surface area contributed by atoms with Crippen LogP contribution in [0.25, 0.3) is 0 Å². The maximum Gasteiger partial charge on any atom is 0.242 e. The Morgan fingerprint density at radius 1 is 1.50 bits per heavy atom. The molecule has 1 aliphatic heterocycles. The zero-order valence-corrected chi connectivity index (χ0v) is 9.60. The summed E-state index contributed by atoms with van der Waals surface area (Å²) in [5.41, 5.74) is -0.371. The summed E-state index contributed by atoms with van der Waals surface area (Å²) in [7, 11) is 0. The summed E-state index contributed by atoms with van der Waals surface area (Å²) in [4.78, 5) is 14.0.